The van der Waals surface area contributed by atoms with Gasteiger partial charge in [0.15, 0.2) is 0 Å². The van der Waals surface area contributed by atoms with E-state index in [9.17, 15) is 0 Å². The fourth-order valence-electron chi connectivity index (χ4n) is 2.85. The molecule has 0 saturated carbocycles. The maximum Gasteiger partial charge on any atom is 0.119 e. The van der Waals surface area contributed by atoms with Crippen LogP contribution in [-0.4, -0.2) is 17.1 Å². The van der Waals surface area contributed by atoms with Gasteiger partial charge in [-0.15, -0.1) is 0 Å². The van der Waals surface area contributed by atoms with E-state index in [-0.39, 0.29) is 0 Å². The highest BCUT2D eigenvalue weighted by atomic mass is 16.5. The molecule has 0 saturated heterocycles. The van der Waals surface area contributed by atoms with Crippen LogP contribution in [-0.2, 0) is 13.0 Å². The minimum absolute atomic E-state index is 0.368. The number of methoxy groups -OCH3 is 1. The molecule has 0 aliphatic heterocycles. The zero-order chi connectivity index (χ0) is 14.7. The summed E-state index contributed by atoms with van der Waals surface area (Å²) in [6.45, 7) is 2.70. The lowest BCUT2D eigenvalue weighted by Crippen LogP contribution is -2.25. The summed E-state index contributed by atoms with van der Waals surface area (Å²) in [6.07, 6.45) is 7.18. The first kappa shape index (κ1) is 14.0. The number of fused-ring (bicyclic) bond motifs is 1. The van der Waals surface area contributed by atoms with Crippen LogP contribution >= 0.6 is 0 Å². The largest absolute Gasteiger partial charge is 0.497 e. The van der Waals surface area contributed by atoms with Crippen LogP contribution in [0.1, 0.15) is 41.4 Å². The Kier molecular flexibility index (Phi) is 4.15. The molecule has 0 amide bonds. The van der Waals surface area contributed by atoms with E-state index in [1.807, 2.05) is 25.4 Å². The molecule has 0 bridgehead atoms. The molecule has 1 heterocycles. The normalized spacial score (nSPS) is 17.3. The van der Waals surface area contributed by atoms with E-state index >= 15 is 0 Å². The van der Waals surface area contributed by atoms with Crippen LogP contribution in [0.4, 0.5) is 0 Å². The number of benzene rings is 1. The van der Waals surface area contributed by atoms with Crippen LogP contribution in [0.5, 0.6) is 5.75 Å². The molecule has 2 aromatic rings. The molecule has 0 fully saturated rings. The topological polar surface area (TPSA) is 47.0 Å². The van der Waals surface area contributed by atoms with Gasteiger partial charge in [-0.3, -0.25) is 9.97 Å². The molecule has 1 unspecified atom stereocenters. The zero-order valence-electron chi connectivity index (χ0n) is 12.6. The molecule has 0 radical (unpaired) electrons. The Bertz CT molecular complexity index is 610. The van der Waals surface area contributed by atoms with Crippen molar-refractivity contribution in [1.82, 2.24) is 15.3 Å². The molecule has 4 heteroatoms. The van der Waals surface area contributed by atoms with Crippen molar-refractivity contribution in [2.24, 2.45) is 0 Å². The molecule has 1 aliphatic rings. The average Bonchev–Trinajstić information content (AvgIpc) is 2.54. The van der Waals surface area contributed by atoms with Crippen molar-refractivity contribution in [3.8, 4) is 5.75 Å². The fourth-order valence-corrected chi connectivity index (χ4v) is 2.85. The summed E-state index contributed by atoms with van der Waals surface area (Å²) in [7, 11) is 1.72. The first-order valence-corrected chi connectivity index (χ1v) is 7.44. The lowest BCUT2D eigenvalue weighted by molar-refractivity contribution is 0.408. The van der Waals surface area contributed by atoms with E-state index in [0.29, 0.717) is 6.04 Å². The predicted octanol–water partition coefficient (Wildman–Crippen LogP) is 2.96. The highest BCUT2D eigenvalue weighted by Crippen LogP contribution is 2.32. The fraction of sp³-hybridized carbons (Fsp3) is 0.412. The van der Waals surface area contributed by atoms with E-state index in [1.54, 1.807) is 7.11 Å². The third-order valence-electron chi connectivity index (χ3n) is 4.03. The Morgan fingerprint density at radius 3 is 2.95 bits per heavy atom. The average molecular weight is 283 g/mol. The molecule has 1 aromatic carbocycles. The van der Waals surface area contributed by atoms with Gasteiger partial charge in [0.05, 0.1) is 18.5 Å². The predicted molar refractivity (Wildman–Crippen MR) is 82.3 cm³/mol. The van der Waals surface area contributed by atoms with Crippen molar-refractivity contribution < 1.29 is 4.74 Å². The van der Waals surface area contributed by atoms with Gasteiger partial charge in [-0.05, 0) is 49.4 Å². The van der Waals surface area contributed by atoms with Gasteiger partial charge in [-0.2, -0.15) is 0 Å². The van der Waals surface area contributed by atoms with Gasteiger partial charge in [-0.1, -0.05) is 6.07 Å². The summed E-state index contributed by atoms with van der Waals surface area (Å²) in [6, 6.07) is 6.76. The van der Waals surface area contributed by atoms with Gasteiger partial charge in [0.2, 0.25) is 0 Å². The number of aromatic nitrogens is 2. The van der Waals surface area contributed by atoms with Gasteiger partial charge in [0.1, 0.15) is 5.75 Å². The second kappa shape index (κ2) is 6.22. The Morgan fingerprint density at radius 2 is 2.19 bits per heavy atom. The van der Waals surface area contributed by atoms with E-state index in [0.717, 1.165) is 36.5 Å². The molecular formula is C17H21N3O. The molecule has 21 heavy (non-hydrogen) atoms. The third kappa shape index (κ3) is 3.22. The van der Waals surface area contributed by atoms with E-state index in [4.69, 9.17) is 4.74 Å². The van der Waals surface area contributed by atoms with Gasteiger partial charge < -0.3 is 10.1 Å². The van der Waals surface area contributed by atoms with Crippen molar-refractivity contribution in [3.63, 3.8) is 0 Å². The Hall–Kier alpha value is -1.94. The second-order valence-corrected chi connectivity index (χ2v) is 5.54. The first-order chi connectivity index (χ1) is 10.3. The summed E-state index contributed by atoms with van der Waals surface area (Å²) in [5.41, 5.74) is 4.72. The molecule has 1 aliphatic carbocycles. The Labute approximate surface area is 125 Å². The van der Waals surface area contributed by atoms with Gasteiger partial charge in [0, 0.05) is 25.0 Å². The number of aryl methyl sites for hydroxylation is 2. The lowest BCUT2D eigenvalue weighted by atomic mass is 9.87. The van der Waals surface area contributed by atoms with Gasteiger partial charge in [0.25, 0.3) is 0 Å². The van der Waals surface area contributed by atoms with Crippen LogP contribution in [0.25, 0.3) is 0 Å². The van der Waals surface area contributed by atoms with E-state index < -0.39 is 0 Å². The van der Waals surface area contributed by atoms with Crippen molar-refractivity contribution >= 4 is 0 Å². The first-order valence-electron chi connectivity index (χ1n) is 7.44. The lowest BCUT2D eigenvalue weighted by Gasteiger charge is -2.27. The molecular weight excluding hydrogens is 262 g/mol. The molecule has 3 rings (SSSR count). The number of ether oxygens (including phenoxy) is 1. The quantitative estimate of drug-likeness (QED) is 0.937. The Balaban J connectivity index is 1.73. The molecule has 1 atom stereocenters. The minimum Gasteiger partial charge on any atom is -0.497 e. The van der Waals surface area contributed by atoms with Crippen molar-refractivity contribution in [2.45, 2.75) is 38.8 Å². The zero-order valence-corrected chi connectivity index (χ0v) is 12.6. The molecule has 1 aromatic heterocycles. The highest BCUT2D eigenvalue weighted by Gasteiger charge is 2.20. The summed E-state index contributed by atoms with van der Waals surface area (Å²) in [5, 5.41) is 3.61. The number of hydrogen-bond donors (Lipinski definition) is 1. The van der Waals surface area contributed by atoms with E-state index in [2.05, 4.69) is 27.4 Å². The number of nitrogens with one attached hydrogen (secondary N) is 1. The number of hydrogen-bond acceptors (Lipinski definition) is 4. The van der Waals surface area contributed by atoms with Crippen LogP contribution in [0.15, 0.2) is 30.6 Å². The summed E-state index contributed by atoms with van der Waals surface area (Å²) < 4.78 is 5.35. The minimum atomic E-state index is 0.368. The smallest absolute Gasteiger partial charge is 0.119 e. The molecule has 0 spiro atoms. The van der Waals surface area contributed by atoms with Gasteiger partial charge in [-0.25, -0.2) is 0 Å². The van der Waals surface area contributed by atoms with Crippen LogP contribution in [0, 0.1) is 6.92 Å². The highest BCUT2D eigenvalue weighted by molar-refractivity contribution is 5.39. The van der Waals surface area contributed by atoms with Crippen molar-refractivity contribution in [2.75, 3.05) is 7.11 Å². The molecule has 1 N–H and O–H groups in total. The van der Waals surface area contributed by atoms with Gasteiger partial charge >= 0.3 is 0 Å². The van der Waals surface area contributed by atoms with E-state index in [1.165, 1.54) is 17.5 Å². The van der Waals surface area contributed by atoms with Crippen LogP contribution in [0.2, 0.25) is 0 Å². The Morgan fingerprint density at radius 1 is 1.29 bits per heavy atom. The second-order valence-electron chi connectivity index (χ2n) is 5.54. The van der Waals surface area contributed by atoms with Crippen molar-refractivity contribution in [3.05, 3.63) is 53.1 Å². The third-order valence-corrected chi connectivity index (χ3v) is 4.03. The van der Waals surface area contributed by atoms with Crippen LogP contribution in [0.3, 0.4) is 0 Å². The number of rotatable bonds is 4. The SMILES string of the molecule is COc1ccc2c(c1)C(NCc1cnc(C)cn1)CCC2. The monoisotopic (exact) mass is 283 g/mol. The molecule has 4 nitrogen and oxygen atoms in total. The summed E-state index contributed by atoms with van der Waals surface area (Å²) in [5.74, 6) is 0.928. The molecule has 110 valence electrons. The maximum absolute atomic E-state index is 5.35. The van der Waals surface area contributed by atoms with Crippen molar-refractivity contribution in [1.29, 1.82) is 0 Å². The summed E-state index contributed by atoms with van der Waals surface area (Å²) >= 11 is 0. The summed E-state index contributed by atoms with van der Waals surface area (Å²) in [4.78, 5) is 8.69. The van der Waals surface area contributed by atoms with Crippen LogP contribution < -0.4 is 10.1 Å². The maximum atomic E-state index is 5.35. The standard InChI is InChI=1S/C17H21N3O/c1-12-9-19-14(10-18-12)11-20-17-5-3-4-13-6-7-15(21-2)8-16(13)17/h6-10,17,20H,3-5,11H2,1-2H3. The number of nitrogens with zero attached hydrogens (tertiary/aromatic N) is 2.